The van der Waals surface area contributed by atoms with Crippen molar-refractivity contribution in [2.45, 2.75) is 82.6 Å². The van der Waals surface area contributed by atoms with Crippen LogP contribution in [0.25, 0.3) is 11.3 Å². The number of likely N-dealkylation sites (tertiary alicyclic amines) is 1. The van der Waals surface area contributed by atoms with E-state index in [1.807, 2.05) is 35.2 Å². The first-order valence-corrected chi connectivity index (χ1v) is 15.9. The van der Waals surface area contributed by atoms with Crippen LogP contribution < -0.4 is 10.7 Å². The van der Waals surface area contributed by atoms with E-state index < -0.39 is 17.7 Å². The topological polar surface area (TPSA) is 84.6 Å². The van der Waals surface area contributed by atoms with Crippen molar-refractivity contribution in [2.24, 2.45) is 0 Å². The number of hydrogen-bond donors (Lipinski definition) is 2. The maximum Gasteiger partial charge on any atom is 0.320 e. The molecule has 234 valence electrons. The van der Waals surface area contributed by atoms with Crippen LogP contribution in [0.15, 0.2) is 59.4 Å². The number of urea groups is 1. The van der Waals surface area contributed by atoms with Crippen LogP contribution in [0.2, 0.25) is 0 Å². The summed E-state index contributed by atoms with van der Waals surface area (Å²) >= 11 is 0. The molecule has 3 aliphatic rings. The van der Waals surface area contributed by atoms with Crippen LogP contribution in [0.4, 0.5) is 13.6 Å². The van der Waals surface area contributed by atoms with E-state index in [0.29, 0.717) is 50.5 Å². The monoisotopic (exact) mass is 604 g/mol. The largest absolute Gasteiger partial charge is 0.321 e. The minimum absolute atomic E-state index is 0.101. The summed E-state index contributed by atoms with van der Waals surface area (Å²) < 4.78 is 29.4. The quantitative estimate of drug-likeness (QED) is 0.390. The normalized spacial score (nSPS) is 22.2. The van der Waals surface area contributed by atoms with E-state index >= 15 is 4.39 Å². The van der Waals surface area contributed by atoms with Crippen molar-refractivity contribution in [2.75, 3.05) is 26.2 Å². The number of piperidine rings is 1. The zero-order valence-corrected chi connectivity index (χ0v) is 25.6. The third kappa shape index (κ3) is 6.28. The molecule has 2 N–H and O–H groups in total. The van der Waals surface area contributed by atoms with Gasteiger partial charge in [-0.25, -0.2) is 13.6 Å². The van der Waals surface area contributed by atoms with Gasteiger partial charge in [0.15, 0.2) is 0 Å². The van der Waals surface area contributed by atoms with Crippen molar-refractivity contribution in [3.63, 3.8) is 0 Å². The first-order valence-electron chi connectivity index (χ1n) is 15.9. The Hall–Kier alpha value is -3.63. The highest BCUT2D eigenvalue weighted by atomic mass is 19.1. The lowest BCUT2D eigenvalue weighted by molar-refractivity contribution is -0.00333. The summed E-state index contributed by atoms with van der Waals surface area (Å²) in [6.45, 7) is 6.64. The molecule has 2 aliphatic heterocycles. The van der Waals surface area contributed by atoms with Crippen LogP contribution in [0.3, 0.4) is 0 Å². The highest BCUT2D eigenvalue weighted by Gasteiger charge is 2.47. The smallest absolute Gasteiger partial charge is 0.320 e. The van der Waals surface area contributed by atoms with E-state index in [-0.39, 0.29) is 34.6 Å². The molecule has 1 aliphatic carbocycles. The predicted molar refractivity (Wildman–Crippen MR) is 166 cm³/mol. The molecule has 0 bridgehead atoms. The molecular weight excluding hydrogens is 562 g/mol. The number of benzene rings is 2. The summed E-state index contributed by atoms with van der Waals surface area (Å²) in [6, 6.07) is 14.4. The lowest BCUT2D eigenvalue weighted by atomic mass is 9.90. The van der Waals surface area contributed by atoms with E-state index in [0.717, 1.165) is 49.8 Å². The summed E-state index contributed by atoms with van der Waals surface area (Å²) in [5.74, 6) is -1.00. The molecule has 3 heterocycles. The Morgan fingerprint density at radius 1 is 1.07 bits per heavy atom. The third-order valence-electron chi connectivity index (χ3n) is 9.63. The molecule has 3 fully saturated rings. The zero-order chi connectivity index (χ0) is 30.8. The van der Waals surface area contributed by atoms with E-state index in [1.165, 1.54) is 6.07 Å². The summed E-state index contributed by atoms with van der Waals surface area (Å²) in [4.78, 5) is 33.4. The third-order valence-corrected chi connectivity index (χ3v) is 9.63. The molecule has 1 saturated carbocycles. The fraction of sp³-hybridized carbons (Fsp3) is 0.500. The van der Waals surface area contributed by atoms with Gasteiger partial charge in [0.1, 0.15) is 17.3 Å². The summed E-state index contributed by atoms with van der Waals surface area (Å²) in [7, 11) is 0. The van der Waals surface area contributed by atoms with Crippen LogP contribution in [0, 0.1) is 11.6 Å². The molecule has 1 aromatic heterocycles. The van der Waals surface area contributed by atoms with Crippen LogP contribution in [-0.4, -0.2) is 74.7 Å². The van der Waals surface area contributed by atoms with Gasteiger partial charge in [-0.1, -0.05) is 57.0 Å². The van der Waals surface area contributed by atoms with E-state index in [2.05, 4.69) is 34.3 Å². The van der Waals surface area contributed by atoms with Crippen molar-refractivity contribution < 1.29 is 13.6 Å². The van der Waals surface area contributed by atoms with E-state index in [9.17, 15) is 14.0 Å². The van der Waals surface area contributed by atoms with Gasteiger partial charge in [-0.05, 0) is 49.4 Å². The average Bonchev–Trinajstić information content (AvgIpc) is 3.48. The lowest BCUT2D eigenvalue weighted by Crippen LogP contribution is -2.64. The second-order valence-electron chi connectivity index (χ2n) is 12.9. The Morgan fingerprint density at radius 3 is 2.57 bits per heavy atom. The van der Waals surface area contributed by atoms with Crippen molar-refractivity contribution in [3.8, 4) is 11.3 Å². The number of piperazine rings is 1. The minimum Gasteiger partial charge on any atom is -0.321 e. The maximum absolute atomic E-state index is 15.1. The molecule has 0 unspecified atom stereocenters. The van der Waals surface area contributed by atoms with Crippen LogP contribution >= 0.6 is 0 Å². The molecule has 3 aromatic rings. The van der Waals surface area contributed by atoms with Crippen LogP contribution in [0.1, 0.15) is 69.7 Å². The molecule has 2 saturated heterocycles. The van der Waals surface area contributed by atoms with Crippen molar-refractivity contribution in [3.05, 3.63) is 87.7 Å². The molecule has 6 rings (SSSR count). The molecule has 10 heteroatoms. The minimum atomic E-state index is -0.563. The highest BCUT2D eigenvalue weighted by molar-refractivity contribution is 5.75. The Morgan fingerprint density at radius 2 is 1.84 bits per heavy atom. The summed E-state index contributed by atoms with van der Waals surface area (Å²) in [5, 5.41) is 11.1. The first kappa shape index (κ1) is 30.4. The number of nitrogens with one attached hydrogen (secondary N) is 2. The number of amides is 2. The number of nitrogens with zero attached hydrogens (tertiary/aromatic N) is 4. The molecule has 2 atom stereocenters. The van der Waals surface area contributed by atoms with Gasteiger partial charge in [0.2, 0.25) is 5.43 Å². The first-order chi connectivity index (χ1) is 21.2. The molecule has 8 nitrogen and oxygen atoms in total. The van der Waals surface area contributed by atoms with Gasteiger partial charge in [-0.15, -0.1) is 0 Å². The van der Waals surface area contributed by atoms with Gasteiger partial charge in [-0.3, -0.25) is 14.8 Å². The van der Waals surface area contributed by atoms with Crippen molar-refractivity contribution in [1.82, 2.24) is 30.2 Å². The standard InChI is InChI=1S/C34H42F2N6O2/c1-23(2)37-26-12-15-42(31(19-26)27-18-25(35)10-11-28(27)36)33(44)40-16-17-41(34(22-40)13-6-7-14-34)21-30-32(43)20-29(38-39-30)24-8-4-3-5-9-24/h3-5,8-11,18,20,23,26,31,37H,6-7,12-17,19,21-22H2,1-2H3,(H,38,43)/t26-,31+/m1/s1. The van der Waals surface area contributed by atoms with Gasteiger partial charge in [0, 0.05) is 62.0 Å². The summed E-state index contributed by atoms with van der Waals surface area (Å²) in [5.41, 5.74) is 1.93. The number of H-pyrrole nitrogens is 1. The van der Waals surface area contributed by atoms with Crippen molar-refractivity contribution in [1.29, 1.82) is 0 Å². The molecule has 0 radical (unpaired) electrons. The molecule has 1 spiro atoms. The number of aromatic amines is 1. The van der Waals surface area contributed by atoms with Gasteiger partial charge < -0.3 is 15.1 Å². The number of halogens is 2. The Balaban J connectivity index is 1.21. The van der Waals surface area contributed by atoms with Crippen molar-refractivity contribution >= 4 is 6.03 Å². The second-order valence-corrected chi connectivity index (χ2v) is 12.9. The van der Waals surface area contributed by atoms with Gasteiger partial charge in [0.05, 0.1) is 11.7 Å². The SMILES string of the molecule is CC(C)N[C@@H]1CCN(C(=O)N2CCN(Cc3n[nH]c(-c4ccccc4)cc3=O)C3(CCCC3)C2)[C@H](c2cc(F)ccc2F)C1. The average molecular weight is 605 g/mol. The van der Waals surface area contributed by atoms with E-state index in [1.54, 1.807) is 11.0 Å². The Kier molecular flexibility index (Phi) is 8.82. The molecule has 44 heavy (non-hydrogen) atoms. The maximum atomic E-state index is 15.1. The molecule has 2 aromatic carbocycles. The lowest BCUT2D eigenvalue weighted by Gasteiger charge is -2.51. The zero-order valence-electron chi connectivity index (χ0n) is 25.6. The van der Waals surface area contributed by atoms with Gasteiger partial charge >= 0.3 is 6.03 Å². The van der Waals surface area contributed by atoms with Crippen LogP contribution in [0.5, 0.6) is 0 Å². The second kappa shape index (κ2) is 12.8. The number of carbonyl (C=O) groups is 1. The summed E-state index contributed by atoms with van der Waals surface area (Å²) in [6.07, 6.45) is 5.23. The number of rotatable bonds is 6. The molecule has 2 amide bonds. The number of aromatic nitrogens is 2. The highest BCUT2D eigenvalue weighted by Crippen LogP contribution is 2.40. The Bertz CT molecular complexity index is 1520. The number of hydrogen-bond acceptors (Lipinski definition) is 5. The van der Waals surface area contributed by atoms with Crippen LogP contribution in [-0.2, 0) is 6.54 Å². The van der Waals surface area contributed by atoms with Gasteiger partial charge in [-0.2, -0.15) is 5.10 Å². The fourth-order valence-corrected chi connectivity index (χ4v) is 7.48. The fourth-order valence-electron chi connectivity index (χ4n) is 7.48. The van der Waals surface area contributed by atoms with E-state index in [4.69, 9.17) is 0 Å². The molecular formula is C34H42F2N6O2. The predicted octanol–water partition coefficient (Wildman–Crippen LogP) is 5.47. The number of carbonyl (C=O) groups excluding carboxylic acids is 1. The van der Waals surface area contributed by atoms with Gasteiger partial charge in [0.25, 0.3) is 0 Å². The Labute approximate surface area is 257 Å².